The Hall–Kier alpha value is -0.820. The quantitative estimate of drug-likeness (QED) is 0.765. The average molecular weight is 244 g/mol. The third-order valence-corrected chi connectivity index (χ3v) is 5.40. The molecule has 0 N–H and O–H groups in total. The third-order valence-electron chi connectivity index (χ3n) is 5.40. The van der Waals surface area contributed by atoms with Gasteiger partial charge in [-0.25, -0.2) is 0 Å². The summed E-state index contributed by atoms with van der Waals surface area (Å²) in [6, 6.07) is 10.6. The van der Waals surface area contributed by atoms with E-state index in [9.17, 15) is 0 Å². The zero-order valence-electron chi connectivity index (χ0n) is 11.8. The zero-order valence-corrected chi connectivity index (χ0v) is 11.8. The van der Waals surface area contributed by atoms with Gasteiger partial charge in [0.1, 0.15) is 0 Å². The Labute approximate surface area is 111 Å². The van der Waals surface area contributed by atoms with Crippen molar-refractivity contribution in [2.45, 2.75) is 52.7 Å². The first-order valence-electron chi connectivity index (χ1n) is 7.18. The molecule has 2 aliphatic carbocycles. The second-order valence-electron chi connectivity index (χ2n) is 7.09. The van der Waals surface area contributed by atoms with Gasteiger partial charge in [0.2, 0.25) is 0 Å². The Morgan fingerprint density at radius 1 is 1.17 bits per heavy atom. The second-order valence-corrected chi connectivity index (χ2v) is 7.09. The molecule has 0 saturated heterocycles. The topological polar surface area (TPSA) is 9.23 Å². The van der Waals surface area contributed by atoms with Crippen LogP contribution in [0.5, 0.6) is 0 Å². The van der Waals surface area contributed by atoms with Gasteiger partial charge < -0.3 is 4.74 Å². The van der Waals surface area contributed by atoms with Crippen LogP contribution in [0.15, 0.2) is 30.3 Å². The maximum absolute atomic E-state index is 6.34. The predicted octanol–water partition coefficient (Wildman–Crippen LogP) is 4.42. The molecule has 0 amide bonds. The molecule has 0 aliphatic heterocycles. The van der Waals surface area contributed by atoms with E-state index in [1.54, 1.807) is 0 Å². The summed E-state index contributed by atoms with van der Waals surface area (Å²) >= 11 is 0. The smallest absolute Gasteiger partial charge is 0.0721 e. The van der Waals surface area contributed by atoms with E-state index in [1.165, 1.54) is 24.8 Å². The molecule has 3 atom stereocenters. The van der Waals surface area contributed by atoms with E-state index in [2.05, 4.69) is 51.1 Å². The molecule has 1 aromatic carbocycles. The van der Waals surface area contributed by atoms with Crippen molar-refractivity contribution < 1.29 is 4.74 Å². The molecule has 0 radical (unpaired) electrons. The van der Waals surface area contributed by atoms with Gasteiger partial charge in [-0.15, -0.1) is 0 Å². The fourth-order valence-electron chi connectivity index (χ4n) is 4.43. The van der Waals surface area contributed by atoms with Gasteiger partial charge in [-0.3, -0.25) is 0 Å². The number of rotatable bonds is 3. The highest BCUT2D eigenvalue weighted by molar-refractivity contribution is 5.14. The predicted molar refractivity (Wildman–Crippen MR) is 74.2 cm³/mol. The molecular weight excluding hydrogens is 220 g/mol. The van der Waals surface area contributed by atoms with Gasteiger partial charge in [0.05, 0.1) is 12.7 Å². The Kier molecular flexibility index (Phi) is 2.78. The van der Waals surface area contributed by atoms with Crippen LogP contribution < -0.4 is 0 Å². The minimum absolute atomic E-state index is 0.349. The molecule has 0 aromatic heterocycles. The summed E-state index contributed by atoms with van der Waals surface area (Å²) in [5, 5.41) is 0. The van der Waals surface area contributed by atoms with Gasteiger partial charge >= 0.3 is 0 Å². The first kappa shape index (κ1) is 12.2. The van der Waals surface area contributed by atoms with Crippen molar-refractivity contribution in [1.29, 1.82) is 0 Å². The summed E-state index contributed by atoms with van der Waals surface area (Å²) in [7, 11) is 0. The van der Waals surface area contributed by atoms with Crippen LogP contribution in [0.2, 0.25) is 0 Å². The minimum Gasteiger partial charge on any atom is -0.372 e. The summed E-state index contributed by atoms with van der Waals surface area (Å²) in [6.45, 7) is 7.99. The largest absolute Gasteiger partial charge is 0.372 e. The van der Waals surface area contributed by atoms with Crippen LogP contribution in [-0.4, -0.2) is 6.10 Å². The maximum atomic E-state index is 6.34. The first-order chi connectivity index (χ1) is 8.52. The fraction of sp³-hybridized carbons (Fsp3) is 0.647. The molecule has 2 aliphatic rings. The number of hydrogen-bond acceptors (Lipinski definition) is 1. The fourth-order valence-corrected chi connectivity index (χ4v) is 4.43. The molecule has 0 heterocycles. The molecule has 3 unspecified atom stereocenters. The summed E-state index contributed by atoms with van der Waals surface area (Å²) in [6.07, 6.45) is 4.53. The average Bonchev–Trinajstić information content (AvgIpc) is 2.81. The van der Waals surface area contributed by atoms with E-state index in [-0.39, 0.29) is 0 Å². The third kappa shape index (κ3) is 1.80. The minimum atomic E-state index is 0.349. The van der Waals surface area contributed by atoms with E-state index in [4.69, 9.17) is 4.74 Å². The first-order valence-corrected chi connectivity index (χ1v) is 7.18. The Morgan fingerprint density at radius 3 is 2.50 bits per heavy atom. The molecule has 98 valence electrons. The maximum Gasteiger partial charge on any atom is 0.0721 e. The van der Waals surface area contributed by atoms with Crippen molar-refractivity contribution in [3.8, 4) is 0 Å². The van der Waals surface area contributed by atoms with E-state index in [1.807, 2.05) is 0 Å². The summed E-state index contributed by atoms with van der Waals surface area (Å²) < 4.78 is 6.34. The van der Waals surface area contributed by atoms with Crippen molar-refractivity contribution in [3.63, 3.8) is 0 Å². The van der Waals surface area contributed by atoms with Gasteiger partial charge in [0.15, 0.2) is 0 Å². The number of ether oxygens (including phenoxy) is 1. The number of hydrogen-bond donors (Lipinski definition) is 0. The Balaban J connectivity index is 1.73. The van der Waals surface area contributed by atoms with Gasteiger partial charge in [-0.05, 0) is 41.6 Å². The van der Waals surface area contributed by atoms with Gasteiger partial charge in [0, 0.05) is 0 Å². The lowest BCUT2D eigenvalue weighted by molar-refractivity contribution is -0.0965. The monoisotopic (exact) mass is 244 g/mol. The molecule has 1 nitrogen and oxygen atoms in total. The molecule has 18 heavy (non-hydrogen) atoms. The van der Waals surface area contributed by atoms with Crippen molar-refractivity contribution in [2.75, 3.05) is 0 Å². The highest BCUT2D eigenvalue weighted by Crippen LogP contribution is 2.63. The van der Waals surface area contributed by atoms with Crippen molar-refractivity contribution in [3.05, 3.63) is 35.9 Å². The highest BCUT2D eigenvalue weighted by atomic mass is 16.5. The van der Waals surface area contributed by atoms with Crippen LogP contribution in [0.1, 0.15) is 45.6 Å². The summed E-state index contributed by atoms with van der Waals surface area (Å²) in [4.78, 5) is 0. The number of benzene rings is 1. The molecule has 3 rings (SSSR count). The lowest BCUT2D eigenvalue weighted by atomic mass is 9.70. The summed E-state index contributed by atoms with van der Waals surface area (Å²) in [5.74, 6) is 0.864. The van der Waals surface area contributed by atoms with Crippen LogP contribution in [-0.2, 0) is 11.3 Å². The van der Waals surface area contributed by atoms with E-state index in [0.29, 0.717) is 16.9 Å². The van der Waals surface area contributed by atoms with Gasteiger partial charge in [-0.1, -0.05) is 51.1 Å². The molecule has 0 spiro atoms. The lowest BCUT2D eigenvalue weighted by Crippen LogP contribution is -2.42. The number of fused-ring (bicyclic) bond motifs is 2. The molecular formula is C17H24O. The Morgan fingerprint density at radius 2 is 1.89 bits per heavy atom. The highest BCUT2D eigenvalue weighted by Gasteiger charge is 2.59. The Bertz CT molecular complexity index is 418. The van der Waals surface area contributed by atoms with Crippen LogP contribution in [0, 0.1) is 16.7 Å². The van der Waals surface area contributed by atoms with Crippen molar-refractivity contribution >= 4 is 0 Å². The zero-order chi connectivity index (χ0) is 12.8. The molecule has 2 bridgehead atoms. The van der Waals surface area contributed by atoms with E-state index >= 15 is 0 Å². The molecule has 1 heteroatoms. The standard InChI is InChI=1S/C17H24O/c1-16(2)14-9-10-17(3,11-14)15(16)18-12-13-7-5-4-6-8-13/h4-8,14-15H,9-12H2,1-3H3. The normalized spacial score (nSPS) is 37.1. The molecule has 2 saturated carbocycles. The SMILES string of the molecule is CC12CCC(C1)C(C)(C)C2OCc1ccccc1. The molecule has 1 aromatic rings. The van der Waals surface area contributed by atoms with Gasteiger partial charge in [0.25, 0.3) is 0 Å². The van der Waals surface area contributed by atoms with Crippen molar-refractivity contribution in [2.24, 2.45) is 16.7 Å². The van der Waals surface area contributed by atoms with Crippen LogP contribution >= 0.6 is 0 Å². The van der Waals surface area contributed by atoms with E-state index < -0.39 is 0 Å². The van der Waals surface area contributed by atoms with E-state index in [0.717, 1.165) is 12.5 Å². The van der Waals surface area contributed by atoms with Crippen LogP contribution in [0.25, 0.3) is 0 Å². The second kappa shape index (κ2) is 4.09. The van der Waals surface area contributed by atoms with Gasteiger partial charge in [-0.2, -0.15) is 0 Å². The van der Waals surface area contributed by atoms with Crippen molar-refractivity contribution in [1.82, 2.24) is 0 Å². The van der Waals surface area contributed by atoms with Crippen LogP contribution in [0.4, 0.5) is 0 Å². The summed E-state index contributed by atoms with van der Waals surface area (Å²) in [5.41, 5.74) is 2.06. The van der Waals surface area contributed by atoms with Crippen LogP contribution in [0.3, 0.4) is 0 Å². The lowest BCUT2D eigenvalue weighted by Gasteiger charge is -2.42. The molecule has 2 fully saturated rings.